The summed E-state index contributed by atoms with van der Waals surface area (Å²) in [5.74, 6) is -1.28. The van der Waals surface area contributed by atoms with Crippen molar-refractivity contribution < 1.29 is 24.2 Å². The molecular formula is C33H37N3O5. The van der Waals surface area contributed by atoms with Gasteiger partial charge in [-0.25, -0.2) is 4.79 Å². The Kier molecular flexibility index (Phi) is 8.69. The van der Waals surface area contributed by atoms with Crippen LogP contribution in [-0.2, 0) is 20.9 Å². The van der Waals surface area contributed by atoms with Gasteiger partial charge in [-0.1, -0.05) is 85.8 Å². The van der Waals surface area contributed by atoms with E-state index in [1.165, 1.54) is 0 Å². The predicted octanol–water partition coefficient (Wildman–Crippen LogP) is 4.79. The zero-order chi connectivity index (χ0) is 28.8. The molecule has 0 spiro atoms. The molecule has 1 heterocycles. The minimum atomic E-state index is -1.15. The second-order valence-corrected chi connectivity index (χ2v) is 11.2. The van der Waals surface area contributed by atoms with Crippen LogP contribution in [0.1, 0.15) is 48.8 Å². The van der Waals surface area contributed by atoms with Crippen LogP contribution >= 0.6 is 0 Å². The lowest BCUT2D eigenvalue weighted by Crippen LogP contribution is -2.60. The SMILES string of the molecule is CC(CCNC(=O)C1(NC(=O)OCC2c3ccccc3-c3ccccc32)CCN(Cc2ccccc2)C1)CC(=O)O. The van der Waals surface area contributed by atoms with Gasteiger partial charge in [-0.15, -0.1) is 0 Å². The molecule has 1 aliphatic heterocycles. The molecule has 2 atom stereocenters. The first kappa shape index (κ1) is 28.4. The third-order valence-corrected chi connectivity index (χ3v) is 8.16. The van der Waals surface area contributed by atoms with Crippen molar-refractivity contribution in [3.63, 3.8) is 0 Å². The second-order valence-electron chi connectivity index (χ2n) is 11.2. The summed E-state index contributed by atoms with van der Waals surface area (Å²) in [6.07, 6.45) is 0.403. The highest BCUT2D eigenvalue weighted by atomic mass is 16.5. The predicted molar refractivity (Wildman–Crippen MR) is 156 cm³/mol. The molecule has 0 radical (unpaired) electrons. The molecule has 1 saturated heterocycles. The molecule has 3 aromatic rings. The highest BCUT2D eigenvalue weighted by Crippen LogP contribution is 2.44. The van der Waals surface area contributed by atoms with E-state index in [0.29, 0.717) is 39.0 Å². The lowest BCUT2D eigenvalue weighted by Gasteiger charge is -2.29. The molecule has 3 N–H and O–H groups in total. The Balaban J connectivity index is 1.26. The number of hydrogen-bond donors (Lipinski definition) is 3. The number of benzene rings is 3. The molecule has 2 aliphatic rings. The van der Waals surface area contributed by atoms with Crippen molar-refractivity contribution in [2.75, 3.05) is 26.2 Å². The van der Waals surface area contributed by atoms with Crippen LogP contribution in [-0.4, -0.2) is 59.8 Å². The summed E-state index contributed by atoms with van der Waals surface area (Å²) in [4.78, 5) is 40.0. The van der Waals surface area contributed by atoms with E-state index in [4.69, 9.17) is 9.84 Å². The number of nitrogens with zero attached hydrogens (tertiary/aromatic N) is 1. The fourth-order valence-electron chi connectivity index (χ4n) is 6.04. The lowest BCUT2D eigenvalue weighted by atomic mass is 9.96. The monoisotopic (exact) mass is 555 g/mol. The van der Waals surface area contributed by atoms with E-state index in [-0.39, 0.29) is 30.8 Å². The Bertz CT molecular complexity index is 1350. The van der Waals surface area contributed by atoms with Crippen LogP contribution in [0.4, 0.5) is 4.79 Å². The van der Waals surface area contributed by atoms with Gasteiger partial charge in [0.1, 0.15) is 12.1 Å². The number of fused-ring (bicyclic) bond motifs is 3. The number of amides is 2. The number of likely N-dealkylation sites (tertiary alicyclic amines) is 1. The first-order valence-corrected chi connectivity index (χ1v) is 14.2. The molecule has 2 amide bonds. The Labute approximate surface area is 240 Å². The standard InChI is InChI=1S/C33H37N3O5/c1-23(19-30(37)38)15-17-34-31(39)33(16-18-36(22-33)20-24-9-3-2-4-10-24)35-32(40)41-21-29-27-13-7-5-11-25(27)26-12-6-8-14-28(26)29/h2-14,23,29H,15-22H2,1H3,(H,34,39)(H,35,40)(H,37,38). The van der Waals surface area contributed by atoms with Gasteiger partial charge < -0.3 is 20.5 Å². The van der Waals surface area contributed by atoms with Crippen molar-refractivity contribution in [2.24, 2.45) is 5.92 Å². The van der Waals surface area contributed by atoms with Crippen molar-refractivity contribution >= 4 is 18.0 Å². The Morgan fingerprint density at radius 3 is 2.27 bits per heavy atom. The summed E-state index contributed by atoms with van der Waals surface area (Å²) < 4.78 is 5.80. The Morgan fingerprint density at radius 2 is 1.61 bits per heavy atom. The van der Waals surface area contributed by atoms with Crippen LogP contribution in [0.3, 0.4) is 0 Å². The summed E-state index contributed by atoms with van der Waals surface area (Å²) in [7, 11) is 0. The molecule has 8 heteroatoms. The summed E-state index contributed by atoms with van der Waals surface area (Å²) in [6.45, 7) is 4.00. The van der Waals surface area contributed by atoms with E-state index in [0.717, 1.165) is 27.8 Å². The van der Waals surface area contributed by atoms with Crippen LogP contribution in [0.15, 0.2) is 78.9 Å². The molecule has 0 bridgehead atoms. The minimum Gasteiger partial charge on any atom is -0.481 e. The second kappa shape index (κ2) is 12.6. The van der Waals surface area contributed by atoms with Crippen molar-refractivity contribution in [3.8, 4) is 11.1 Å². The quantitative estimate of drug-likeness (QED) is 0.314. The zero-order valence-corrected chi connectivity index (χ0v) is 23.3. The van der Waals surface area contributed by atoms with Crippen molar-refractivity contribution in [1.29, 1.82) is 0 Å². The van der Waals surface area contributed by atoms with Crippen molar-refractivity contribution in [2.45, 2.75) is 44.2 Å². The highest BCUT2D eigenvalue weighted by Gasteiger charge is 2.46. The normalized spacial score (nSPS) is 18.8. The van der Waals surface area contributed by atoms with E-state index in [9.17, 15) is 14.4 Å². The fraction of sp³-hybridized carbons (Fsp3) is 0.364. The van der Waals surface area contributed by atoms with Gasteiger partial charge in [0, 0.05) is 38.5 Å². The number of aliphatic carboxylic acids is 1. The van der Waals surface area contributed by atoms with E-state index in [1.54, 1.807) is 0 Å². The molecule has 8 nitrogen and oxygen atoms in total. The zero-order valence-electron chi connectivity index (χ0n) is 23.3. The van der Waals surface area contributed by atoms with Gasteiger partial charge in [-0.05, 0) is 46.6 Å². The maximum atomic E-state index is 13.6. The van der Waals surface area contributed by atoms with Gasteiger partial charge >= 0.3 is 12.1 Å². The smallest absolute Gasteiger partial charge is 0.408 e. The lowest BCUT2D eigenvalue weighted by molar-refractivity contribution is -0.138. The number of carbonyl (C=O) groups is 3. The summed E-state index contributed by atoms with van der Waals surface area (Å²) in [5, 5.41) is 14.9. The van der Waals surface area contributed by atoms with Crippen LogP contribution in [0.2, 0.25) is 0 Å². The number of hydrogen-bond acceptors (Lipinski definition) is 5. The number of rotatable bonds is 11. The third kappa shape index (κ3) is 6.60. The van der Waals surface area contributed by atoms with Crippen molar-refractivity contribution in [3.05, 3.63) is 95.6 Å². The summed E-state index contributed by atoms with van der Waals surface area (Å²) in [5.41, 5.74) is 4.54. The highest BCUT2D eigenvalue weighted by molar-refractivity contribution is 5.90. The molecule has 0 saturated carbocycles. The van der Waals surface area contributed by atoms with Crippen LogP contribution < -0.4 is 10.6 Å². The Morgan fingerprint density at radius 1 is 0.976 bits per heavy atom. The molecule has 1 fully saturated rings. The topological polar surface area (TPSA) is 108 Å². The van der Waals surface area contributed by atoms with Gasteiger partial charge in [0.2, 0.25) is 5.91 Å². The summed E-state index contributed by atoms with van der Waals surface area (Å²) >= 11 is 0. The van der Waals surface area contributed by atoms with Gasteiger partial charge in [0.05, 0.1) is 0 Å². The number of nitrogens with one attached hydrogen (secondary N) is 2. The molecule has 3 aromatic carbocycles. The Hall–Kier alpha value is -4.17. The first-order chi connectivity index (χ1) is 19.8. The van der Waals surface area contributed by atoms with Gasteiger partial charge in [-0.3, -0.25) is 14.5 Å². The molecule has 5 rings (SSSR count). The van der Waals surface area contributed by atoms with Gasteiger partial charge in [-0.2, -0.15) is 0 Å². The average molecular weight is 556 g/mol. The minimum absolute atomic E-state index is 0.0455. The van der Waals surface area contributed by atoms with Gasteiger partial charge in [0.15, 0.2) is 0 Å². The molecular weight excluding hydrogens is 518 g/mol. The largest absolute Gasteiger partial charge is 0.481 e. The molecule has 214 valence electrons. The average Bonchev–Trinajstić information content (AvgIpc) is 3.51. The molecule has 1 aliphatic carbocycles. The number of alkyl carbamates (subject to hydrolysis) is 1. The fourth-order valence-corrected chi connectivity index (χ4v) is 6.04. The summed E-state index contributed by atoms with van der Waals surface area (Å²) in [6, 6.07) is 26.4. The molecule has 0 aromatic heterocycles. The van der Waals surface area contributed by atoms with Crippen LogP contribution in [0.25, 0.3) is 11.1 Å². The van der Waals surface area contributed by atoms with E-state index < -0.39 is 17.6 Å². The third-order valence-electron chi connectivity index (χ3n) is 8.16. The van der Waals surface area contributed by atoms with Crippen molar-refractivity contribution in [1.82, 2.24) is 15.5 Å². The number of carboxylic acids is 1. The maximum absolute atomic E-state index is 13.6. The van der Waals surface area contributed by atoms with Crippen LogP contribution in [0, 0.1) is 5.92 Å². The van der Waals surface area contributed by atoms with E-state index in [1.807, 2.05) is 61.5 Å². The first-order valence-electron chi connectivity index (χ1n) is 14.2. The van der Waals surface area contributed by atoms with E-state index >= 15 is 0 Å². The molecule has 41 heavy (non-hydrogen) atoms. The van der Waals surface area contributed by atoms with Crippen LogP contribution in [0.5, 0.6) is 0 Å². The van der Waals surface area contributed by atoms with E-state index in [2.05, 4.69) is 39.8 Å². The number of carboxylic acid groups (broad SMARTS) is 1. The van der Waals surface area contributed by atoms with Gasteiger partial charge in [0.25, 0.3) is 0 Å². The maximum Gasteiger partial charge on any atom is 0.408 e. The number of ether oxygens (including phenoxy) is 1. The molecule has 2 unspecified atom stereocenters. The number of carbonyl (C=O) groups excluding carboxylic acids is 2.